The molecule has 0 unspecified atom stereocenters. The average Bonchev–Trinajstić information content (AvgIpc) is 2.53. The molecular formula is C19H25ClO5. The van der Waals surface area contributed by atoms with Crippen molar-refractivity contribution in [1.82, 2.24) is 0 Å². The summed E-state index contributed by atoms with van der Waals surface area (Å²) >= 11 is 6.48. The summed E-state index contributed by atoms with van der Waals surface area (Å²) in [5.74, 6) is 1.51. The summed E-state index contributed by atoms with van der Waals surface area (Å²) in [4.78, 5) is 22.9. The molecule has 1 aliphatic heterocycles. The molecule has 1 rings (SSSR count). The molecule has 138 valence electrons. The van der Waals surface area contributed by atoms with Crippen LogP contribution < -0.4 is 0 Å². The molecule has 0 radical (unpaired) electrons. The number of alkyl halides is 1. The molecule has 25 heavy (non-hydrogen) atoms. The maximum atomic E-state index is 11.5. The first-order valence-corrected chi connectivity index (χ1v) is 8.74. The van der Waals surface area contributed by atoms with Crippen LogP contribution in [0.4, 0.5) is 0 Å². The Bertz CT molecular complexity index is 549. The normalized spacial score (nSPS) is 29.1. The van der Waals surface area contributed by atoms with E-state index in [0.29, 0.717) is 12.8 Å². The third kappa shape index (κ3) is 7.76. The molecule has 5 nitrogen and oxygen atoms in total. The number of terminal acetylenes is 1. The van der Waals surface area contributed by atoms with Crippen LogP contribution in [0.3, 0.4) is 0 Å². The van der Waals surface area contributed by atoms with Crippen molar-refractivity contribution >= 4 is 23.5 Å². The van der Waals surface area contributed by atoms with Gasteiger partial charge in [-0.15, -0.1) is 18.0 Å². The van der Waals surface area contributed by atoms with Crippen LogP contribution in [-0.4, -0.2) is 41.7 Å². The van der Waals surface area contributed by atoms with Gasteiger partial charge in [0.05, 0.1) is 17.6 Å². The van der Waals surface area contributed by atoms with Crippen LogP contribution in [0.2, 0.25) is 0 Å². The third-order valence-electron chi connectivity index (χ3n) is 3.70. The van der Waals surface area contributed by atoms with Gasteiger partial charge in [-0.2, -0.15) is 0 Å². The van der Waals surface area contributed by atoms with Gasteiger partial charge in [0.15, 0.2) is 6.10 Å². The zero-order valence-corrected chi connectivity index (χ0v) is 15.6. The van der Waals surface area contributed by atoms with Crippen molar-refractivity contribution in [2.75, 3.05) is 0 Å². The summed E-state index contributed by atoms with van der Waals surface area (Å²) in [6.07, 6.45) is 11.8. The van der Waals surface area contributed by atoms with E-state index in [1.807, 2.05) is 13.0 Å². The number of allylic oxidation sites excluding steroid dienone is 2. The average molecular weight is 369 g/mol. The first-order valence-electron chi connectivity index (χ1n) is 8.30. The third-order valence-corrected chi connectivity index (χ3v) is 4.16. The minimum absolute atomic E-state index is 0.167. The predicted octanol–water partition coefficient (Wildman–Crippen LogP) is 3.16. The van der Waals surface area contributed by atoms with Crippen molar-refractivity contribution < 1.29 is 23.8 Å². The second kappa shape index (κ2) is 11.0. The Morgan fingerprint density at radius 1 is 1.36 bits per heavy atom. The van der Waals surface area contributed by atoms with Gasteiger partial charge in [0, 0.05) is 20.3 Å². The molecule has 0 aromatic carbocycles. The second-order valence-corrected chi connectivity index (χ2v) is 6.35. The molecule has 1 heterocycles. The molecule has 0 fully saturated rings. The Kier molecular flexibility index (Phi) is 9.33. The van der Waals surface area contributed by atoms with E-state index in [9.17, 15) is 9.59 Å². The summed E-state index contributed by atoms with van der Waals surface area (Å²) in [5, 5.41) is -0.360. The fraction of sp³-hybridized carbons (Fsp3) is 0.579. The van der Waals surface area contributed by atoms with Crippen LogP contribution in [0.25, 0.3) is 0 Å². The SMILES string of the molecule is C#C/C=C/C[C@@H](Cl)[C@H]1C[C@@H](OC(C)=O)[C@H](OC(C)=O)/C=C\[C@@H](CC)O1. The first kappa shape index (κ1) is 21.3. The Balaban J connectivity index is 3.03. The molecule has 0 spiro atoms. The van der Waals surface area contributed by atoms with E-state index in [-0.39, 0.29) is 17.6 Å². The lowest BCUT2D eigenvalue weighted by Gasteiger charge is -2.33. The van der Waals surface area contributed by atoms with Gasteiger partial charge < -0.3 is 14.2 Å². The quantitative estimate of drug-likeness (QED) is 0.312. The van der Waals surface area contributed by atoms with Gasteiger partial charge in [-0.05, 0) is 25.0 Å². The van der Waals surface area contributed by atoms with Crippen molar-refractivity contribution in [3.63, 3.8) is 0 Å². The maximum Gasteiger partial charge on any atom is 0.303 e. The zero-order valence-electron chi connectivity index (χ0n) is 14.8. The van der Waals surface area contributed by atoms with Gasteiger partial charge in [-0.1, -0.05) is 25.0 Å². The molecule has 0 amide bonds. The lowest BCUT2D eigenvalue weighted by Crippen LogP contribution is -2.42. The number of esters is 2. The smallest absolute Gasteiger partial charge is 0.303 e. The van der Waals surface area contributed by atoms with Crippen molar-refractivity contribution in [2.24, 2.45) is 0 Å². The molecule has 0 N–H and O–H groups in total. The van der Waals surface area contributed by atoms with E-state index in [1.54, 1.807) is 18.2 Å². The Hall–Kier alpha value is -1.77. The lowest BCUT2D eigenvalue weighted by atomic mass is 9.99. The molecule has 1 aliphatic rings. The highest BCUT2D eigenvalue weighted by atomic mass is 35.5. The van der Waals surface area contributed by atoms with E-state index in [0.717, 1.165) is 6.42 Å². The van der Waals surface area contributed by atoms with E-state index >= 15 is 0 Å². The fourth-order valence-corrected chi connectivity index (χ4v) is 2.83. The number of hydrogen-bond acceptors (Lipinski definition) is 5. The molecule has 0 saturated heterocycles. The van der Waals surface area contributed by atoms with Crippen molar-refractivity contribution in [3.8, 4) is 12.3 Å². The van der Waals surface area contributed by atoms with Crippen LogP contribution >= 0.6 is 11.6 Å². The van der Waals surface area contributed by atoms with Gasteiger partial charge in [0.2, 0.25) is 0 Å². The van der Waals surface area contributed by atoms with Crippen LogP contribution in [0.1, 0.15) is 40.0 Å². The van der Waals surface area contributed by atoms with Crippen molar-refractivity contribution in [2.45, 2.75) is 69.8 Å². The molecule has 0 aromatic rings. The highest BCUT2D eigenvalue weighted by Gasteiger charge is 2.34. The number of rotatable bonds is 6. The standard InChI is InChI=1S/C19H25ClO5/c1-5-7-8-9-16(20)18-12-19(24-14(4)22)17(23-13(3)21)11-10-15(6-2)25-18/h1,7-8,10-11,15-19H,6,9,12H2,2-4H3/b8-7+,11-10-/t15-,16-,17-,18-,19-/m1/s1. The van der Waals surface area contributed by atoms with E-state index < -0.39 is 24.1 Å². The van der Waals surface area contributed by atoms with Gasteiger partial charge in [0.1, 0.15) is 6.10 Å². The number of halogens is 1. The molecule has 5 atom stereocenters. The molecule has 0 aromatic heterocycles. The molecular weight excluding hydrogens is 344 g/mol. The summed E-state index contributed by atoms with van der Waals surface area (Å²) in [6.45, 7) is 4.61. The number of ether oxygens (including phenoxy) is 3. The minimum Gasteiger partial charge on any atom is -0.458 e. The highest BCUT2D eigenvalue weighted by molar-refractivity contribution is 6.21. The van der Waals surface area contributed by atoms with Gasteiger partial charge in [0.25, 0.3) is 0 Å². The first-order chi connectivity index (χ1) is 11.9. The van der Waals surface area contributed by atoms with Crippen LogP contribution in [0.5, 0.6) is 0 Å². The fourth-order valence-electron chi connectivity index (χ4n) is 2.56. The van der Waals surface area contributed by atoms with E-state index in [1.165, 1.54) is 13.8 Å². The topological polar surface area (TPSA) is 61.8 Å². The van der Waals surface area contributed by atoms with Gasteiger partial charge in [-0.3, -0.25) is 9.59 Å². The molecule has 0 aliphatic carbocycles. The van der Waals surface area contributed by atoms with Crippen molar-refractivity contribution in [3.05, 3.63) is 24.3 Å². The van der Waals surface area contributed by atoms with Gasteiger partial charge >= 0.3 is 11.9 Å². The predicted molar refractivity (Wildman–Crippen MR) is 96.0 cm³/mol. The van der Waals surface area contributed by atoms with Crippen LogP contribution in [0.15, 0.2) is 24.3 Å². The van der Waals surface area contributed by atoms with E-state index in [2.05, 4.69) is 5.92 Å². The minimum atomic E-state index is -0.674. The molecule has 0 bridgehead atoms. The summed E-state index contributed by atoms with van der Waals surface area (Å²) in [5.41, 5.74) is 0. The highest BCUT2D eigenvalue weighted by Crippen LogP contribution is 2.26. The Morgan fingerprint density at radius 3 is 2.60 bits per heavy atom. The van der Waals surface area contributed by atoms with Gasteiger partial charge in [-0.25, -0.2) is 0 Å². The number of carbonyl (C=O) groups excluding carboxylic acids is 2. The monoisotopic (exact) mass is 368 g/mol. The largest absolute Gasteiger partial charge is 0.458 e. The summed E-state index contributed by atoms with van der Waals surface area (Å²) < 4.78 is 16.7. The lowest BCUT2D eigenvalue weighted by molar-refractivity contribution is -0.165. The van der Waals surface area contributed by atoms with Crippen LogP contribution in [-0.2, 0) is 23.8 Å². The maximum absolute atomic E-state index is 11.5. The van der Waals surface area contributed by atoms with E-state index in [4.69, 9.17) is 32.2 Å². The summed E-state index contributed by atoms with van der Waals surface area (Å²) in [6, 6.07) is 0. The summed E-state index contributed by atoms with van der Waals surface area (Å²) in [7, 11) is 0. The Morgan fingerprint density at radius 2 is 2.04 bits per heavy atom. The second-order valence-electron chi connectivity index (χ2n) is 5.78. The molecule has 0 saturated carbocycles. The Labute approximate surface area is 154 Å². The van der Waals surface area contributed by atoms with Crippen molar-refractivity contribution in [1.29, 1.82) is 0 Å². The zero-order chi connectivity index (χ0) is 18.8. The number of carbonyl (C=O) groups is 2. The number of hydrogen-bond donors (Lipinski definition) is 0. The van der Waals surface area contributed by atoms with Crippen LogP contribution in [0, 0.1) is 12.3 Å². The molecule has 6 heteroatoms.